The zero-order chi connectivity index (χ0) is 30.6. The summed E-state index contributed by atoms with van der Waals surface area (Å²) in [5.41, 5.74) is 1.59. The predicted octanol–water partition coefficient (Wildman–Crippen LogP) is 1.16. The number of terminal acetylenes is 1. The highest BCUT2D eigenvalue weighted by molar-refractivity contribution is 5.97. The largest absolute Gasteiger partial charge is 0.480 e. The third-order valence-electron chi connectivity index (χ3n) is 6.43. The highest BCUT2D eigenvalue weighted by Gasteiger charge is 2.24. The summed E-state index contributed by atoms with van der Waals surface area (Å²) in [5.74, 6) is -3.89. The fourth-order valence-corrected chi connectivity index (χ4v) is 4.28. The Morgan fingerprint density at radius 3 is 2.64 bits per heavy atom. The van der Waals surface area contributed by atoms with Gasteiger partial charge in [-0.3, -0.25) is 19.3 Å². The van der Waals surface area contributed by atoms with Crippen molar-refractivity contribution in [3.05, 3.63) is 74.8 Å². The van der Waals surface area contributed by atoms with E-state index in [1.165, 1.54) is 17.0 Å². The number of carboxylic acid groups (broad SMARTS) is 2. The standard InChI is InChI=1S/C27H25FN8O6/c1-4-35(12-16-10-19-22(9-14(16)2)29-15(3)30-26(19)40)17-5-6-18(20(28)11-17)25(39)31-21(27(41)42)7-8-23-32-33-34-36(23)13-24(37)38/h1,5-6,9-11,21H,7-8,12-13H2,2-3H3,(H,31,39)(H,37,38)(H,41,42)(H,29,30,40)/t21-/m0/s1. The molecular formula is C27H25FN8O6. The number of tetrazole rings is 1. The monoisotopic (exact) mass is 576 g/mol. The van der Waals surface area contributed by atoms with E-state index in [0.717, 1.165) is 16.3 Å². The number of H-pyrrole nitrogens is 1. The number of nitrogens with zero attached hydrogens (tertiary/aromatic N) is 6. The topological polar surface area (TPSA) is 196 Å². The van der Waals surface area contributed by atoms with Gasteiger partial charge in [0.1, 0.15) is 24.2 Å². The minimum absolute atomic E-state index is 0.0637. The molecule has 0 bridgehead atoms. The first-order valence-electron chi connectivity index (χ1n) is 12.5. The molecule has 15 heteroatoms. The molecule has 4 N–H and O–H groups in total. The first-order chi connectivity index (χ1) is 20.0. The third kappa shape index (κ3) is 6.55. The molecule has 0 saturated heterocycles. The zero-order valence-corrected chi connectivity index (χ0v) is 22.5. The van der Waals surface area contributed by atoms with E-state index in [2.05, 4.69) is 36.9 Å². The van der Waals surface area contributed by atoms with E-state index in [9.17, 15) is 24.3 Å². The smallest absolute Gasteiger partial charge is 0.326 e. The number of nitrogens with one attached hydrogen (secondary N) is 2. The predicted molar refractivity (Wildman–Crippen MR) is 146 cm³/mol. The van der Waals surface area contributed by atoms with Crippen LogP contribution in [-0.2, 0) is 29.1 Å². The van der Waals surface area contributed by atoms with Crippen molar-refractivity contribution in [3.8, 4) is 12.5 Å². The number of carboxylic acids is 2. The molecule has 0 saturated carbocycles. The number of carbonyl (C=O) groups excluding carboxylic acids is 1. The van der Waals surface area contributed by atoms with Gasteiger partial charge < -0.3 is 20.5 Å². The molecule has 14 nitrogen and oxygen atoms in total. The lowest BCUT2D eigenvalue weighted by atomic mass is 10.0. The highest BCUT2D eigenvalue weighted by Crippen LogP contribution is 2.23. The van der Waals surface area contributed by atoms with E-state index in [4.69, 9.17) is 11.5 Å². The molecule has 0 unspecified atom stereocenters. The van der Waals surface area contributed by atoms with E-state index < -0.39 is 41.8 Å². The molecule has 2 aromatic heterocycles. The Balaban J connectivity index is 1.48. The van der Waals surface area contributed by atoms with E-state index in [1.54, 1.807) is 19.1 Å². The lowest BCUT2D eigenvalue weighted by molar-refractivity contribution is -0.140. The summed E-state index contributed by atoms with van der Waals surface area (Å²) in [6.07, 6.45) is 5.45. The minimum Gasteiger partial charge on any atom is -0.480 e. The number of halogens is 1. The van der Waals surface area contributed by atoms with Crippen LogP contribution in [0.4, 0.5) is 10.1 Å². The van der Waals surface area contributed by atoms with E-state index in [-0.39, 0.29) is 36.5 Å². The quantitative estimate of drug-likeness (QED) is 0.148. The van der Waals surface area contributed by atoms with E-state index in [0.29, 0.717) is 22.3 Å². The summed E-state index contributed by atoms with van der Waals surface area (Å²) in [6, 6.07) is 8.12. The molecule has 1 atom stereocenters. The van der Waals surface area contributed by atoms with Crippen molar-refractivity contribution in [2.45, 2.75) is 45.8 Å². The molecule has 0 aliphatic heterocycles. The highest BCUT2D eigenvalue weighted by atomic mass is 19.1. The SMILES string of the molecule is C#CN(Cc1cc2c(=O)[nH]c(C)nc2cc1C)c1ccc(C(=O)N[C@@H](CCc2nnnn2CC(=O)O)C(=O)O)c(F)c1. The van der Waals surface area contributed by atoms with Crippen molar-refractivity contribution in [3.63, 3.8) is 0 Å². The van der Waals surface area contributed by atoms with Crippen LogP contribution in [0.3, 0.4) is 0 Å². The number of fused-ring (bicyclic) bond motifs is 1. The number of carbonyl (C=O) groups is 3. The molecule has 4 rings (SSSR count). The molecule has 2 heterocycles. The minimum atomic E-state index is -1.44. The average molecular weight is 577 g/mol. The lowest BCUT2D eigenvalue weighted by Crippen LogP contribution is -2.41. The van der Waals surface area contributed by atoms with Gasteiger partial charge in [-0.05, 0) is 72.2 Å². The number of benzene rings is 2. The van der Waals surface area contributed by atoms with Gasteiger partial charge in [0.2, 0.25) is 0 Å². The Kier molecular flexibility index (Phi) is 8.56. The van der Waals surface area contributed by atoms with Gasteiger partial charge in [0, 0.05) is 12.5 Å². The molecule has 2 aromatic carbocycles. The molecule has 0 aliphatic rings. The number of hydrogen-bond donors (Lipinski definition) is 4. The Labute approximate surface area is 237 Å². The van der Waals surface area contributed by atoms with E-state index in [1.807, 2.05) is 6.92 Å². The number of aliphatic carboxylic acids is 2. The van der Waals surface area contributed by atoms with Crippen molar-refractivity contribution in [1.82, 2.24) is 35.5 Å². The molecule has 0 fully saturated rings. The summed E-state index contributed by atoms with van der Waals surface area (Å²) in [4.78, 5) is 56.3. The fourth-order valence-electron chi connectivity index (χ4n) is 4.28. The summed E-state index contributed by atoms with van der Waals surface area (Å²) in [5, 5.41) is 31.7. The fraction of sp³-hybridized carbons (Fsp3) is 0.259. The van der Waals surface area contributed by atoms with Crippen LogP contribution < -0.4 is 15.8 Å². The van der Waals surface area contributed by atoms with Crippen molar-refractivity contribution >= 4 is 34.4 Å². The second-order valence-corrected chi connectivity index (χ2v) is 9.38. The van der Waals surface area contributed by atoms with Crippen LogP contribution in [0.15, 0.2) is 35.1 Å². The van der Waals surface area contributed by atoms with Crippen molar-refractivity contribution < 1.29 is 29.0 Å². The molecule has 42 heavy (non-hydrogen) atoms. The molecule has 0 radical (unpaired) electrons. The van der Waals surface area contributed by atoms with Crippen LogP contribution >= 0.6 is 0 Å². The molecule has 1 amide bonds. The van der Waals surface area contributed by atoms with Gasteiger partial charge in [0.15, 0.2) is 5.82 Å². The maximum Gasteiger partial charge on any atom is 0.326 e. The number of aryl methyl sites for hydroxylation is 3. The normalized spacial score (nSPS) is 11.6. The summed E-state index contributed by atoms with van der Waals surface area (Å²) < 4.78 is 16.1. The Morgan fingerprint density at radius 2 is 1.98 bits per heavy atom. The van der Waals surface area contributed by atoms with Gasteiger partial charge in [-0.1, -0.05) is 6.42 Å². The van der Waals surface area contributed by atoms with Gasteiger partial charge in [-0.2, -0.15) is 0 Å². The first kappa shape index (κ1) is 29.3. The van der Waals surface area contributed by atoms with Gasteiger partial charge >= 0.3 is 11.9 Å². The first-order valence-corrected chi connectivity index (χ1v) is 12.5. The summed E-state index contributed by atoms with van der Waals surface area (Å²) in [6.45, 7) is 3.12. The second-order valence-electron chi connectivity index (χ2n) is 9.38. The average Bonchev–Trinajstić information content (AvgIpc) is 3.35. The number of anilines is 1. The van der Waals surface area contributed by atoms with Crippen LogP contribution in [0, 0.1) is 32.1 Å². The van der Waals surface area contributed by atoms with Gasteiger partial charge in [0.25, 0.3) is 11.5 Å². The summed E-state index contributed by atoms with van der Waals surface area (Å²) in [7, 11) is 0. The third-order valence-corrected chi connectivity index (χ3v) is 6.43. The van der Waals surface area contributed by atoms with Crippen molar-refractivity contribution in [2.75, 3.05) is 4.90 Å². The zero-order valence-electron chi connectivity index (χ0n) is 22.5. The number of rotatable bonds is 11. The van der Waals surface area contributed by atoms with Crippen LogP contribution in [0.1, 0.15) is 39.6 Å². The second kappa shape index (κ2) is 12.3. The number of hydrogen-bond acceptors (Lipinski definition) is 9. The molecular weight excluding hydrogens is 551 g/mol. The molecule has 0 spiro atoms. The van der Waals surface area contributed by atoms with Gasteiger partial charge in [0.05, 0.1) is 28.7 Å². The van der Waals surface area contributed by atoms with Crippen LogP contribution in [-0.4, -0.2) is 64.3 Å². The number of aromatic amines is 1. The van der Waals surface area contributed by atoms with Crippen LogP contribution in [0.2, 0.25) is 0 Å². The van der Waals surface area contributed by atoms with E-state index >= 15 is 4.39 Å². The number of aromatic nitrogens is 6. The number of amides is 1. The Bertz CT molecular complexity index is 1790. The molecule has 0 aliphatic carbocycles. The Hall–Kier alpha value is -5.65. The van der Waals surface area contributed by atoms with Crippen LogP contribution in [0.25, 0.3) is 10.9 Å². The maximum atomic E-state index is 15.1. The maximum absolute atomic E-state index is 15.1. The summed E-state index contributed by atoms with van der Waals surface area (Å²) >= 11 is 0. The van der Waals surface area contributed by atoms with Crippen molar-refractivity contribution in [1.29, 1.82) is 0 Å². The van der Waals surface area contributed by atoms with Crippen molar-refractivity contribution in [2.24, 2.45) is 0 Å². The Morgan fingerprint density at radius 1 is 1.21 bits per heavy atom. The molecule has 216 valence electrons. The molecule has 4 aromatic rings. The van der Waals surface area contributed by atoms with Gasteiger partial charge in [-0.25, -0.2) is 18.9 Å². The van der Waals surface area contributed by atoms with Crippen LogP contribution in [0.5, 0.6) is 0 Å². The lowest BCUT2D eigenvalue weighted by Gasteiger charge is -2.20. The van der Waals surface area contributed by atoms with Gasteiger partial charge in [-0.15, -0.1) is 5.10 Å².